The van der Waals surface area contributed by atoms with Crippen LogP contribution >= 0.6 is 0 Å². The lowest BCUT2D eigenvalue weighted by atomic mass is 10.00. The number of H-pyrrole nitrogens is 1. The van der Waals surface area contributed by atoms with Gasteiger partial charge in [-0.1, -0.05) is 12.1 Å². The SMILES string of the molecule is CN[C@@H](C)C(=O)Nc1ccc2c(-c3ccncc3)c(Cc3ccc(F)cc3)[nH]c2n1. The molecular weight excluding hydrogens is 381 g/mol. The number of aromatic nitrogens is 3. The minimum Gasteiger partial charge on any atom is -0.342 e. The number of halogens is 1. The summed E-state index contributed by atoms with van der Waals surface area (Å²) in [6.45, 7) is 1.78. The highest BCUT2D eigenvalue weighted by Gasteiger charge is 2.17. The molecule has 3 heterocycles. The van der Waals surface area contributed by atoms with Gasteiger partial charge in [0.25, 0.3) is 0 Å². The number of pyridine rings is 2. The number of carbonyl (C=O) groups is 1. The quantitative estimate of drug-likeness (QED) is 0.456. The highest BCUT2D eigenvalue weighted by atomic mass is 19.1. The topological polar surface area (TPSA) is 82.7 Å². The van der Waals surface area contributed by atoms with Crippen LogP contribution < -0.4 is 10.6 Å². The van der Waals surface area contributed by atoms with E-state index in [4.69, 9.17) is 0 Å². The second-order valence-corrected chi connectivity index (χ2v) is 7.11. The highest BCUT2D eigenvalue weighted by molar-refractivity contribution is 5.98. The van der Waals surface area contributed by atoms with Crippen molar-refractivity contribution in [3.8, 4) is 11.1 Å². The minimum absolute atomic E-state index is 0.156. The lowest BCUT2D eigenvalue weighted by Gasteiger charge is -2.10. The van der Waals surface area contributed by atoms with Crippen molar-refractivity contribution in [2.24, 2.45) is 0 Å². The average Bonchev–Trinajstić information content (AvgIpc) is 3.12. The normalized spacial score (nSPS) is 12.1. The Morgan fingerprint density at radius 2 is 1.83 bits per heavy atom. The molecule has 0 fully saturated rings. The van der Waals surface area contributed by atoms with E-state index in [1.54, 1.807) is 44.6 Å². The molecule has 4 aromatic rings. The van der Waals surface area contributed by atoms with Crippen LogP contribution in [0, 0.1) is 5.82 Å². The number of carbonyl (C=O) groups excluding carboxylic acids is 1. The number of hydrogen-bond donors (Lipinski definition) is 3. The van der Waals surface area contributed by atoms with E-state index in [1.807, 2.05) is 18.2 Å². The fourth-order valence-corrected chi connectivity index (χ4v) is 3.35. The predicted molar refractivity (Wildman–Crippen MR) is 116 cm³/mol. The maximum atomic E-state index is 13.3. The summed E-state index contributed by atoms with van der Waals surface area (Å²) < 4.78 is 13.3. The fraction of sp³-hybridized carbons (Fsp3) is 0.174. The Labute approximate surface area is 173 Å². The summed E-state index contributed by atoms with van der Waals surface area (Å²) in [6.07, 6.45) is 4.08. The molecule has 0 radical (unpaired) electrons. The van der Waals surface area contributed by atoms with Gasteiger partial charge in [-0.3, -0.25) is 9.78 Å². The monoisotopic (exact) mass is 403 g/mol. The van der Waals surface area contributed by atoms with Crippen LogP contribution in [0.2, 0.25) is 0 Å². The van der Waals surface area contributed by atoms with Gasteiger partial charge in [0.15, 0.2) is 0 Å². The Bertz CT molecular complexity index is 1170. The molecule has 1 amide bonds. The van der Waals surface area contributed by atoms with Gasteiger partial charge in [-0.2, -0.15) is 0 Å². The fourth-order valence-electron chi connectivity index (χ4n) is 3.35. The standard InChI is InChI=1S/C23H22FN5O/c1-14(25-2)23(30)29-20-8-7-18-21(16-9-11-26-12-10-16)19(27-22(18)28-20)13-15-3-5-17(24)6-4-15/h3-12,14,25H,13H2,1-2H3,(H2,27,28,29,30)/t14-/m0/s1. The van der Waals surface area contributed by atoms with Crippen LogP contribution in [0.5, 0.6) is 0 Å². The number of aromatic amines is 1. The van der Waals surface area contributed by atoms with Crippen LogP contribution in [0.3, 0.4) is 0 Å². The number of nitrogens with one attached hydrogen (secondary N) is 3. The molecule has 0 aliphatic heterocycles. The van der Waals surface area contributed by atoms with Crippen molar-refractivity contribution in [2.75, 3.05) is 12.4 Å². The van der Waals surface area contributed by atoms with Gasteiger partial charge in [0.1, 0.15) is 17.3 Å². The third-order valence-corrected chi connectivity index (χ3v) is 5.08. The van der Waals surface area contributed by atoms with Gasteiger partial charge in [0, 0.05) is 35.5 Å². The highest BCUT2D eigenvalue weighted by Crippen LogP contribution is 2.33. The number of likely N-dealkylation sites (N-methyl/N-ethyl adjacent to an activating group) is 1. The smallest absolute Gasteiger partial charge is 0.242 e. The predicted octanol–water partition coefficient (Wildman–Crippen LogP) is 3.90. The Balaban J connectivity index is 1.76. The molecule has 6 nitrogen and oxygen atoms in total. The Morgan fingerprint density at radius 3 is 2.53 bits per heavy atom. The second kappa shape index (κ2) is 8.42. The summed E-state index contributed by atoms with van der Waals surface area (Å²) in [4.78, 5) is 24.3. The summed E-state index contributed by atoms with van der Waals surface area (Å²) in [5.41, 5.74) is 4.65. The molecule has 152 valence electrons. The third-order valence-electron chi connectivity index (χ3n) is 5.08. The first kappa shape index (κ1) is 19.7. The molecule has 4 rings (SSSR count). The Morgan fingerprint density at radius 1 is 1.10 bits per heavy atom. The molecule has 0 saturated carbocycles. The molecule has 0 bridgehead atoms. The van der Waals surface area contributed by atoms with Crippen molar-refractivity contribution in [1.29, 1.82) is 0 Å². The second-order valence-electron chi connectivity index (χ2n) is 7.11. The number of fused-ring (bicyclic) bond motifs is 1. The molecule has 0 saturated heterocycles. The molecule has 1 aromatic carbocycles. The molecule has 3 aromatic heterocycles. The number of amides is 1. The van der Waals surface area contributed by atoms with Gasteiger partial charge in [-0.25, -0.2) is 9.37 Å². The van der Waals surface area contributed by atoms with Crippen LogP contribution in [0.4, 0.5) is 10.2 Å². The molecule has 30 heavy (non-hydrogen) atoms. The van der Waals surface area contributed by atoms with Crippen molar-refractivity contribution in [2.45, 2.75) is 19.4 Å². The van der Waals surface area contributed by atoms with Gasteiger partial charge >= 0.3 is 0 Å². The molecule has 0 unspecified atom stereocenters. The maximum absolute atomic E-state index is 13.3. The largest absolute Gasteiger partial charge is 0.342 e. The van der Waals surface area contributed by atoms with E-state index in [0.29, 0.717) is 17.9 Å². The molecule has 0 aliphatic rings. The summed E-state index contributed by atoms with van der Waals surface area (Å²) in [6, 6.07) is 13.8. The third kappa shape index (κ3) is 4.06. The molecule has 3 N–H and O–H groups in total. The summed E-state index contributed by atoms with van der Waals surface area (Å²) in [7, 11) is 1.73. The average molecular weight is 403 g/mol. The number of nitrogens with zero attached hydrogens (tertiary/aromatic N) is 2. The van der Waals surface area contributed by atoms with E-state index in [9.17, 15) is 9.18 Å². The lowest BCUT2D eigenvalue weighted by molar-refractivity contribution is -0.117. The number of anilines is 1. The molecule has 1 atom stereocenters. The zero-order chi connectivity index (χ0) is 21.1. The zero-order valence-electron chi connectivity index (χ0n) is 16.7. The zero-order valence-corrected chi connectivity index (χ0v) is 16.7. The summed E-state index contributed by atoms with van der Waals surface area (Å²) in [5.74, 6) is 0.0601. The van der Waals surface area contributed by atoms with E-state index in [0.717, 1.165) is 27.8 Å². The van der Waals surface area contributed by atoms with Crippen LogP contribution in [0.25, 0.3) is 22.2 Å². The van der Waals surface area contributed by atoms with Crippen LogP contribution in [-0.2, 0) is 11.2 Å². The first-order valence-corrected chi connectivity index (χ1v) is 9.69. The van der Waals surface area contributed by atoms with E-state index < -0.39 is 0 Å². The Kier molecular flexibility index (Phi) is 5.54. The number of rotatable bonds is 6. The van der Waals surface area contributed by atoms with Crippen LogP contribution in [0.1, 0.15) is 18.2 Å². The van der Waals surface area contributed by atoms with Crippen LogP contribution in [-0.4, -0.2) is 33.9 Å². The maximum Gasteiger partial charge on any atom is 0.242 e. The Hall–Kier alpha value is -3.58. The molecule has 0 aliphatic carbocycles. The first-order valence-electron chi connectivity index (χ1n) is 9.69. The van der Waals surface area contributed by atoms with E-state index in [-0.39, 0.29) is 17.8 Å². The first-order chi connectivity index (χ1) is 14.5. The van der Waals surface area contributed by atoms with Gasteiger partial charge < -0.3 is 15.6 Å². The molecule has 7 heteroatoms. The van der Waals surface area contributed by atoms with Gasteiger partial charge in [-0.15, -0.1) is 0 Å². The van der Waals surface area contributed by atoms with E-state index in [2.05, 4.69) is 25.6 Å². The minimum atomic E-state index is -0.326. The molecule has 0 spiro atoms. The van der Waals surface area contributed by atoms with Crippen LogP contribution in [0.15, 0.2) is 60.9 Å². The van der Waals surface area contributed by atoms with Crippen molar-refractivity contribution in [1.82, 2.24) is 20.3 Å². The number of benzene rings is 1. The van der Waals surface area contributed by atoms with Gasteiger partial charge in [0.2, 0.25) is 5.91 Å². The number of hydrogen-bond acceptors (Lipinski definition) is 4. The van der Waals surface area contributed by atoms with Crippen molar-refractivity contribution >= 4 is 22.8 Å². The van der Waals surface area contributed by atoms with Crippen molar-refractivity contribution in [3.05, 3.63) is 78.0 Å². The van der Waals surface area contributed by atoms with E-state index in [1.165, 1.54) is 12.1 Å². The van der Waals surface area contributed by atoms with Gasteiger partial charge in [0.05, 0.1) is 6.04 Å². The van der Waals surface area contributed by atoms with E-state index >= 15 is 0 Å². The van der Waals surface area contributed by atoms with Gasteiger partial charge in [-0.05, 0) is 61.5 Å². The van der Waals surface area contributed by atoms with Crippen molar-refractivity contribution in [3.63, 3.8) is 0 Å². The van der Waals surface area contributed by atoms with Crippen molar-refractivity contribution < 1.29 is 9.18 Å². The summed E-state index contributed by atoms with van der Waals surface area (Å²) in [5, 5.41) is 6.68. The lowest BCUT2D eigenvalue weighted by Crippen LogP contribution is -2.35. The molecular formula is C23H22FN5O. The summed E-state index contributed by atoms with van der Waals surface area (Å²) >= 11 is 0.